The molecule has 0 bridgehead atoms. The van der Waals surface area contributed by atoms with Crippen molar-refractivity contribution in [1.29, 1.82) is 0 Å². The first-order chi connectivity index (χ1) is 11.1. The van der Waals surface area contributed by atoms with Crippen LogP contribution in [0.4, 0.5) is 0 Å². The monoisotopic (exact) mass is 330 g/mol. The molecule has 2 aromatic rings. The summed E-state index contributed by atoms with van der Waals surface area (Å²) < 4.78 is 11.1. The summed E-state index contributed by atoms with van der Waals surface area (Å²) in [4.78, 5) is 12.2. The van der Waals surface area contributed by atoms with Gasteiger partial charge in [0.1, 0.15) is 6.61 Å². The van der Waals surface area contributed by atoms with E-state index >= 15 is 0 Å². The second kappa shape index (κ2) is 6.71. The number of para-hydroxylation sites is 2. The van der Waals surface area contributed by atoms with Crippen LogP contribution in [-0.2, 0) is 4.79 Å². The minimum Gasteiger partial charge on any atom is -0.485 e. The number of hydrogen-bond acceptors (Lipinski definition) is 4. The number of nitrogens with one attached hydrogen (secondary N) is 1. The number of halogens is 1. The second-order valence-electron chi connectivity index (χ2n) is 5.05. The lowest BCUT2D eigenvalue weighted by molar-refractivity contribution is -0.130. The highest BCUT2D eigenvalue weighted by atomic mass is 35.5. The maximum atomic E-state index is 12.2. The fourth-order valence-corrected chi connectivity index (χ4v) is 2.33. The van der Waals surface area contributed by atoms with Gasteiger partial charge in [0, 0.05) is 5.02 Å². The molecule has 0 radical (unpaired) electrons. The highest BCUT2D eigenvalue weighted by molar-refractivity contribution is 6.31. The van der Waals surface area contributed by atoms with Crippen LogP contribution < -0.4 is 14.9 Å². The number of nitrogens with zero attached hydrogens (tertiary/aromatic N) is 1. The maximum Gasteiger partial charge on any atom is 0.284 e. The van der Waals surface area contributed by atoms with Gasteiger partial charge in [0.25, 0.3) is 5.91 Å². The number of carbonyl (C=O) groups is 1. The zero-order chi connectivity index (χ0) is 16.2. The zero-order valence-electron chi connectivity index (χ0n) is 12.5. The van der Waals surface area contributed by atoms with E-state index < -0.39 is 6.10 Å². The topological polar surface area (TPSA) is 59.9 Å². The van der Waals surface area contributed by atoms with E-state index in [1.165, 1.54) is 0 Å². The molecule has 0 saturated carbocycles. The second-order valence-corrected chi connectivity index (χ2v) is 5.48. The highest BCUT2D eigenvalue weighted by Gasteiger charge is 2.27. The number of carbonyl (C=O) groups excluding carboxylic acids is 1. The first-order valence-electron chi connectivity index (χ1n) is 7.12. The standard InChI is InChI=1S/C17H15ClN2O3/c1-11(12-5-4-6-13(18)9-12)19-20-17(21)16-10-22-14-7-2-3-8-15(14)23-16/h2-9,16H,10H2,1H3,(H,20,21)/b19-11-/t16-/m0/s1. The Morgan fingerprint density at radius 1 is 1.22 bits per heavy atom. The van der Waals surface area contributed by atoms with Crippen LogP contribution in [0.1, 0.15) is 12.5 Å². The molecular formula is C17H15ClN2O3. The predicted octanol–water partition coefficient (Wildman–Crippen LogP) is 3.02. The van der Waals surface area contributed by atoms with Gasteiger partial charge in [-0.15, -0.1) is 0 Å². The summed E-state index contributed by atoms with van der Waals surface area (Å²) >= 11 is 5.94. The number of rotatable bonds is 3. The van der Waals surface area contributed by atoms with Crippen molar-refractivity contribution >= 4 is 23.2 Å². The van der Waals surface area contributed by atoms with E-state index in [9.17, 15) is 4.79 Å². The van der Waals surface area contributed by atoms with Crippen LogP contribution in [-0.4, -0.2) is 24.3 Å². The molecule has 1 aliphatic heterocycles. The van der Waals surface area contributed by atoms with E-state index in [2.05, 4.69) is 10.5 Å². The third kappa shape index (κ3) is 3.63. The molecule has 1 aliphatic rings. The van der Waals surface area contributed by atoms with E-state index in [1.807, 2.05) is 24.3 Å². The van der Waals surface area contributed by atoms with Crippen LogP contribution in [0.25, 0.3) is 0 Å². The van der Waals surface area contributed by atoms with E-state index in [0.29, 0.717) is 22.2 Å². The summed E-state index contributed by atoms with van der Waals surface area (Å²) in [5.41, 5.74) is 3.99. The van der Waals surface area contributed by atoms with E-state index in [0.717, 1.165) is 5.56 Å². The van der Waals surface area contributed by atoms with Crippen LogP contribution in [0.5, 0.6) is 11.5 Å². The van der Waals surface area contributed by atoms with Crippen molar-refractivity contribution < 1.29 is 14.3 Å². The summed E-state index contributed by atoms with van der Waals surface area (Å²) in [5, 5.41) is 4.70. The third-order valence-electron chi connectivity index (χ3n) is 3.38. The van der Waals surface area contributed by atoms with Gasteiger partial charge in [0.15, 0.2) is 11.5 Å². The largest absolute Gasteiger partial charge is 0.485 e. The molecule has 1 N–H and O–H groups in total. The van der Waals surface area contributed by atoms with Crippen molar-refractivity contribution in [3.63, 3.8) is 0 Å². The summed E-state index contributed by atoms with van der Waals surface area (Å²) in [7, 11) is 0. The predicted molar refractivity (Wildman–Crippen MR) is 88.2 cm³/mol. The van der Waals surface area contributed by atoms with Gasteiger partial charge in [-0.05, 0) is 36.8 Å². The molecule has 118 valence electrons. The number of benzene rings is 2. The van der Waals surface area contributed by atoms with Gasteiger partial charge in [-0.25, -0.2) is 5.43 Å². The van der Waals surface area contributed by atoms with Crippen molar-refractivity contribution in [3.05, 3.63) is 59.1 Å². The Labute approximate surface area is 138 Å². The Hall–Kier alpha value is -2.53. The summed E-state index contributed by atoms with van der Waals surface area (Å²) in [6, 6.07) is 14.5. The van der Waals surface area contributed by atoms with Crippen molar-refractivity contribution in [2.45, 2.75) is 13.0 Å². The van der Waals surface area contributed by atoms with Crippen LogP contribution in [0, 0.1) is 0 Å². The molecule has 0 aromatic heterocycles. The van der Waals surface area contributed by atoms with Gasteiger partial charge in [-0.1, -0.05) is 35.9 Å². The fraction of sp³-hybridized carbons (Fsp3) is 0.176. The minimum absolute atomic E-state index is 0.147. The molecule has 0 spiro atoms. The van der Waals surface area contributed by atoms with Crippen molar-refractivity contribution in [2.24, 2.45) is 5.10 Å². The lowest BCUT2D eigenvalue weighted by Crippen LogP contribution is -2.42. The minimum atomic E-state index is -0.735. The fourth-order valence-electron chi connectivity index (χ4n) is 2.14. The van der Waals surface area contributed by atoms with E-state index in [4.69, 9.17) is 21.1 Å². The molecular weight excluding hydrogens is 316 g/mol. The quantitative estimate of drug-likeness (QED) is 0.695. The molecule has 0 saturated heterocycles. The average Bonchev–Trinajstić information content (AvgIpc) is 2.59. The molecule has 0 fully saturated rings. The number of hydrogen-bond donors (Lipinski definition) is 1. The summed E-state index contributed by atoms with van der Waals surface area (Å²) in [5.74, 6) is 0.825. The Morgan fingerprint density at radius 3 is 2.78 bits per heavy atom. The van der Waals surface area contributed by atoms with Crippen molar-refractivity contribution in [3.8, 4) is 11.5 Å². The Morgan fingerprint density at radius 2 is 2.00 bits per heavy atom. The van der Waals surface area contributed by atoms with Crippen LogP contribution >= 0.6 is 11.6 Å². The molecule has 0 aliphatic carbocycles. The smallest absolute Gasteiger partial charge is 0.284 e. The first-order valence-corrected chi connectivity index (χ1v) is 7.50. The van der Waals surface area contributed by atoms with Gasteiger partial charge in [0.2, 0.25) is 6.10 Å². The van der Waals surface area contributed by atoms with Gasteiger partial charge in [-0.2, -0.15) is 5.10 Å². The highest BCUT2D eigenvalue weighted by Crippen LogP contribution is 2.30. The Balaban J connectivity index is 1.65. The maximum absolute atomic E-state index is 12.2. The lowest BCUT2D eigenvalue weighted by atomic mass is 10.1. The van der Waals surface area contributed by atoms with E-state index in [1.54, 1.807) is 31.2 Å². The zero-order valence-corrected chi connectivity index (χ0v) is 13.2. The van der Waals surface area contributed by atoms with Crippen molar-refractivity contribution in [1.82, 2.24) is 5.43 Å². The number of hydrazone groups is 1. The van der Waals surface area contributed by atoms with E-state index in [-0.39, 0.29) is 12.5 Å². The summed E-state index contributed by atoms with van der Waals surface area (Å²) in [6.07, 6.45) is -0.735. The third-order valence-corrected chi connectivity index (χ3v) is 3.61. The number of ether oxygens (including phenoxy) is 2. The van der Waals surface area contributed by atoms with Gasteiger partial charge >= 0.3 is 0 Å². The van der Waals surface area contributed by atoms with Crippen molar-refractivity contribution in [2.75, 3.05) is 6.61 Å². The average molecular weight is 331 g/mol. The molecule has 3 rings (SSSR count). The molecule has 6 heteroatoms. The van der Waals surface area contributed by atoms with Crippen LogP contribution in [0.15, 0.2) is 53.6 Å². The molecule has 1 atom stereocenters. The molecule has 0 unspecified atom stereocenters. The molecule has 1 amide bonds. The lowest BCUT2D eigenvalue weighted by Gasteiger charge is -2.24. The van der Waals surface area contributed by atoms with Crippen LogP contribution in [0.2, 0.25) is 5.02 Å². The Kier molecular flexibility index (Phi) is 4.48. The molecule has 1 heterocycles. The normalized spacial score (nSPS) is 16.8. The summed E-state index contributed by atoms with van der Waals surface area (Å²) in [6.45, 7) is 1.94. The first kappa shape index (κ1) is 15.4. The van der Waals surface area contributed by atoms with Gasteiger partial charge in [-0.3, -0.25) is 4.79 Å². The van der Waals surface area contributed by atoms with Gasteiger partial charge < -0.3 is 9.47 Å². The molecule has 23 heavy (non-hydrogen) atoms. The van der Waals surface area contributed by atoms with Gasteiger partial charge in [0.05, 0.1) is 5.71 Å². The Bertz CT molecular complexity index is 761. The molecule has 2 aromatic carbocycles. The molecule has 5 nitrogen and oxygen atoms in total. The SMILES string of the molecule is C/C(=N/NC(=O)[C@@H]1COc2ccccc2O1)c1cccc(Cl)c1. The number of fused-ring (bicyclic) bond motifs is 1. The number of amides is 1. The van der Waals surface area contributed by atoms with Crippen LogP contribution in [0.3, 0.4) is 0 Å².